The maximum absolute atomic E-state index is 6.50. The molecule has 1 saturated carbocycles. The zero-order chi connectivity index (χ0) is 19.1. The summed E-state index contributed by atoms with van der Waals surface area (Å²) < 4.78 is 11.2. The standard InChI is InChI=1S/C20H22ClN5O2/c21-16-11-17-19(25-20(23-17)28-15-9-13(22)10-15)24-18(16)12-1-3-14(4-2-12)26-5-7-27-8-6-26/h1-4,11,13,15H,5-10,22H2,(H,23,24,25)/t13-,15+. The number of hydrogen-bond donors (Lipinski definition) is 2. The third kappa shape index (κ3) is 3.41. The number of imidazole rings is 1. The number of rotatable bonds is 4. The van der Waals surface area contributed by atoms with Gasteiger partial charge in [-0.3, -0.25) is 0 Å². The highest BCUT2D eigenvalue weighted by molar-refractivity contribution is 6.33. The van der Waals surface area contributed by atoms with Crippen molar-refractivity contribution in [3.63, 3.8) is 0 Å². The first-order chi connectivity index (χ1) is 13.7. The number of benzene rings is 1. The summed E-state index contributed by atoms with van der Waals surface area (Å²) in [5.74, 6) is 0. The molecule has 1 aliphatic carbocycles. The fourth-order valence-corrected chi connectivity index (χ4v) is 3.93. The highest BCUT2D eigenvalue weighted by Crippen LogP contribution is 2.31. The molecule has 2 aliphatic rings. The normalized spacial score (nSPS) is 22.3. The van der Waals surface area contributed by atoms with Crippen molar-refractivity contribution < 1.29 is 9.47 Å². The van der Waals surface area contributed by atoms with E-state index in [9.17, 15) is 0 Å². The van der Waals surface area contributed by atoms with Gasteiger partial charge in [0.15, 0.2) is 5.65 Å². The first-order valence-electron chi connectivity index (χ1n) is 9.57. The molecule has 0 amide bonds. The van der Waals surface area contributed by atoms with E-state index >= 15 is 0 Å². The summed E-state index contributed by atoms with van der Waals surface area (Å²) in [5.41, 5.74) is 10.0. The number of halogens is 1. The molecule has 0 unspecified atom stereocenters. The van der Waals surface area contributed by atoms with Crippen LogP contribution >= 0.6 is 11.6 Å². The Labute approximate surface area is 167 Å². The fourth-order valence-electron chi connectivity index (χ4n) is 3.67. The van der Waals surface area contributed by atoms with Crippen molar-refractivity contribution in [1.82, 2.24) is 15.0 Å². The maximum Gasteiger partial charge on any atom is 0.296 e. The third-order valence-corrected chi connectivity index (χ3v) is 5.62. The topological polar surface area (TPSA) is 89.3 Å². The summed E-state index contributed by atoms with van der Waals surface area (Å²) in [6.45, 7) is 3.35. The molecule has 3 N–H and O–H groups in total. The summed E-state index contributed by atoms with van der Waals surface area (Å²) >= 11 is 6.50. The van der Waals surface area contributed by atoms with Crippen LogP contribution in [0.2, 0.25) is 5.02 Å². The van der Waals surface area contributed by atoms with Gasteiger partial charge in [0.1, 0.15) is 6.10 Å². The second kappa shape index (κ2) is 7.24. The Morgan fingerprint density at radius 2 is 1.89 bits per heavy atom. The van der Waals surface area contributed by atoms with E-state index in [-0.39, 0.29) is 12.1 Å². The van der Waals surface area contributed by atoms with E-state index in [1.54, 1.807) is 0 Å². The van der Waals surface area contributed by atoms with Gasteiger partial charge in [0.2, 0.25) is 0 Å². The van der Waals surface area contributed by atoms with Crippen LogP contribution in [0.3, 0.4) is 0 Å². The lowest BCUT2D eigenvalue weighted by atomic mass is 9.90. The highest BCUT2D eigenvalue weighted by Gasteiger charge is 2.28. The molecule has 146 valence electrons. The lowest BCUT2D eigenvalue weighted by Gasteiger charge is -2.31. The van der Waals surface area contributed by atoms with E-state index in [1.165, 1.54) is 5.69 Å². The van der Waals surface area contributed by atoms with E-state index in [1.807, 2.05) is 18.2 Å². The van der Waals surface area contributed by atoms with Crippen LogP contribution < -0.4 is 15.4 Å². The average Bonchev–Trinajstić information content (AvgIpc) is 3.08. The summed E-state index contributed by atoms with van der Waals surface area (Å²) in [6, 6.07) is 10.8. The zero-order valence-electron chi connectivity index (χ0n) is 15.4. The van der Waals surface area contributed by atoms with Gasteiger partial charge in [0, 0.05) is 30.4 Å². The fraction of sp³-hybridized carbons (Fsp3) is 0.400. The first-order valence-corrected chi connectivity index (χ1v) is 9.95. The van der Waals surface area contributed by atoms with Crippen molar-refractivity contribution in [2.24, 2.45) is 5.73 Å². The summed E-state index contributed by atoms with van der Waals surface area (Å²) in [5, 5.41) is 0.576. The number of H-pyrrole nitrogens is 1. The van der Waals surface area contributed by atoms with Gasteiger partial charge >= 0.3 is 0 Å². The van der Waals surface area contributed by atoms with Gasteiger partial charge in [-0.15, -0.1) is 0 Å². The quantitative estimate of drug-likeness (QED) is 0.701. The van der Waals surface area contributed by atoms with Gasteiger partial charge in [-0.25, -0.2) is 4.98 Å². The Hall–Kier alpha value is -2.35. The Bertz CT molecular complexity index is 978. The van der Waals surface area contributed by atoms with E-state index < -0.39 is 0 Å². The minimum Gasteiger partial charge on any atom is -0.461 e. The smallest absolute Gasteiger partial charge is 0.296 e. The monoisotopic (exact) mass is 399 g/mol. The molecular weight excluding hydrogens is 378 g/mol. The molecule has 0 atom stereocenters. The Balaban J connectivity index is 1.39. The zero-order valence-corrected chi connectivity index (χ0v) is 16.2. The molecule has 8 heteroatoms. The van der Waals surface area contributed by atoms with Crippen LogP contribution in [-0.4, -0.2) is 53.4 Å². The number of fused-ring (bicyclic) bond motifs is 1. The van der Waals surface area contributed by atoms with E-state index in [0.717, 1.165) is 50.2 Å². The van der Waals surface area contributed by atoms with Gasteiger partial charge in [-0.1, -0.05) is 23.7 Å². The average molecular weight is 400 g/mol. The molecule has 1 saturated heterocycles. The number of morpholine rings is 1. The number of nitrogens with one attached hydrogen (secondary N) is 1. The largest absolute Gasteiger partial charge is 0.461 e. The maximum atomic E-state index is 6.50. The molecule has 0 bridgehead atoms. The number of aromatic amines is 1. The number of anilines is 1. The third-order valence-electron chi connectivity index (χ3n) is 5.33. The predicted molar refractivity (Wildman–Crippen MR) is 109 cm³/mol. The Kier molecular flexibility index (Phi) is 4.58. The molecule has 3 heterocycles. The molecule has 0 spiro atoms. The molecule has 5 rings (SSSR count). The molecular formula is C20H22ClN5O2. The second-order valence-electron chi connectivity index (χ2n) is 7.35. The number of nitrogens with two attached hydrogens (primary N) is 1. The molecule has 28 heavy (non-hydrogen) atoms. The molecule has 3 aromatic rings. The number of nitrogens with zero attached hydrogens (tertiary/aromatic N) is 3. The summed E-state index contributed by atoms with van der Waals surface area (Å²) in [6.07, 6.45) is 1.83. The molecule has 2 fully saturated rings. The predicted octanol–water partition coefficient (Wildman–Crippen LogP) is 2.98. The first kappa shape index (κ1) is 17.7. The van der Waals surface area contributed by atoms with Crippen LogP contribution in [-0.2, 0) is 4.74 Å². The number of ether oxygens (including phenoxy) is 2. The van der Waals surface area contributed by atoms with Crippen molar-refractivity contribution in [3.05, 3.63) is 35.4 Å². The highest BCUT2D eigenvalue weighted by atomic mass is 35.5. The van der Waals surface area contributed by atoms with Crippen molar-refractivity contribution >= 4 is 28.5 Å². The van der Waals surface area contributed by atoms with Crippen molar-refractivity contribution in [2.45, 2.75) is 25.0 Å². The molecule has 1 aliphatic heterocycles. The number of pyridine rings is 1. The Morgan fingerprint density at radius 3 is 2.61 bits per heavy atom. The molecule has 2 aromatic heterocycles. The van der Waals surface area contributed by atoms with Crippen LogP contribution in [0.15, 0.2) is 30.3 Å². The van der Waals surface area contributed by atoms with Crippen LogP contribution in [0.4, 0.5) is 5.69 Å². The van der Waals surface area contributed by atoms with Gasteiger partial charge in [0.25, 0.3) is 6.01 Å². The van der Waals surface area contributed by atoms with Crippen LogP contribution in [0, 0.1) is 0 Å². The van der Waals surface area contributed by atoms with Gasteiger partial charge in [0.05, 0.1) is 29.4 Å². The number of hydrogen-bond acceptors (Lipinski definition) is 6. The minimum absolute atomic E-state index is 0.123. The molecule has 0 radical (unpaired) electrons. The van der Waals surface area contributed by atoms with Crippen molar-refractivity contribution in [2.75, 3.05) is 31.2 Å². The summed E-state index contributed by atoms with van der Waals surface area (Å²) in [7, 11) is 0. The van der Waals surface area contributed by atoms with Crippen molar-refractivity contribution in [3.8, 4) is 17.3 Å². The van der Waals surface area contributed by atoms with Gasteiger partial charge in [-0.05, 0) is 31.0 Å². The van der Waals surface area contributed by atoms with Crippen LogP contribution in [0.5, 0.6) is 6.01 Å². The van der Waals surface area contributed by atoms with E-state index in [0.29, 0.717) is 22.4 Å². The van der Waals surface area contributed by atoms with Crippen LogP contribution in [0.1, 0.15) is 12.8 Å². The Morgan fingerprint density at radius 1 is 1.14 bits per heavy atom. The minimum atomic E-state index is 0.123. The van der Waals surface area contributed by atoms with E-state index in [4.69, 9.17) is 26.8 Å². The van der Waals surface area contributed by atoms with Crippen LogP contribution in [0.25, 0.3) is 22.4 Å². The lowest BCUT2D eigenvalue weighted by Crippen LogP contribution is -2.43. The van der Waals surface area contributed by atoms with E-state index in [2.05, 4.69) is 32.0 Å². The summed E-state index contributed by atoms with van der Waals surface area (Å²) in [4.78, 5) is 14.6. The van der Waals surface area contributed by atoms with Gasteiger partial charge in [-0.2, -0.15) is 4.98 Å². The lowest BCUT2D eigenvalue weighted by molar-refractivity contribution is 0.0918. The second-order valence-corrected chi connectivity index (χ2v) is 7.76. The number of aromatic nitrogens is 3. The molecule has 7 nitrogen and oxygen atoms in total. The molecule has 1 aromatic carbocycles. The van der Waals surface area contributed by atoms with Crippen molar-refractivity contribution in [1.29, 1.82) is 0 Å². The SMILES string of the molecule is N[C@H]1C[C@@H](Oc2nc3nc(-c4ccc(N5CCOCC5)cc4)c(Cl)cc3[nH]2)C1. The van der Waals surface area contributed by atoms with Gasteiger partial charge < -0.3 is 25.1 Å².